The Morgan fingerprint density at radius 1 is 1.32 bits per heavy atom. The fraction of sp³-hybridized carbons (Fsp3) is 0.615. The number of nitrogens with one attached hydrogen (secondary N) is 1. The van der Waals surface area contributed by atoms with Crippen LogP contribution in [-0.2, 0) is 0 Å². The van der Waals surface area contributed by atoms with Gasteiger partial charge in [-0.15, -0.1) is 0 Å². The number of hydrogen-bond acceptors (Lipinski definition) is 5. The Hall–Kier alpha value is -1.69. The summed E-state index contributed by atoms with van der Waals surface area (Å²) in [4.78, 5) is 13.2. The average Bonchev–Trinajstić information content (AvgIpc) is 2.46. The molecular formula is C13H22N6. The Balaban J connectivity index is 1.96. The number of anilines is 1. The van der Waals surface area contributed by atoms with Crippen molar-refractivity contribution < 1.29 is 0 Å². The number of amidine groups is 1. The molecule has 3 N–H and O–H groups in total. The van der Waals surface area contributed by atoms with Gasteiger partial charge in [0.05, 0.1) is 12.4 Å². The second kappa shape index (κ2) is 5.97. The van der Waals surface area contributed by atoms with Crippen LogP contribution in [0.5, 0.6) is 0 Å². The second-order valence-corrected chi connectivity index (χ2v) is 4.95. The van der Waals surface area contributed by atoms with E-state index in [0.29, 0.717) is 11.7 Å². The van der Waals surface area contributed by atoms with Gasteiger partial charge in [0.2, 0.25) is 0 Å². The lowest BCUT2D eigenvalue weighted by atomic mass is 10.2. The van der Waals surface area contributed by atoms with Gasteiger partial charge in [-0.2, -0.15) is 0 Å². The van der Waals surface area contributed by atoms with Crippen molar-refractivity contribution in [2.45, 2.75) is 26.3 Å². The van der Waals surface area contributed by atoms with Crippen LogP contribution in [0.15, 0.2) is 12.4 Å². The van der Waals surface area contributed by atoms with Crippen LogP contribution in [0.25, 0.3) is 0 Å². The first-order chi connectivity index (χ1) is 9.11. The molecule has 0 radical (unpaired) electrons. The maximum atomic E-state index is 7.30. The lowest BCUT2D eigenvalue weighted by Crippen LogP contribution is -2.49. The van der Waals surface area contributed by atoms with Crippen LogP contribution in [0.4, 0.5) is 5.82 Å². The summed E-state index contributed by atoms with van der Waals surface area (Å²) in [6, 6.07) is 0.647. The van der Waals surface area contributed by atoms with E-state index in [0.717, 1.165) is 32.0 Å². The summed E-state index contributed by atoms with van der Waals surface area (Å²) >= 11 is 0. The molecule has 1 atom stereocenters. The molecule has 0 saturated carbocycles. The van der Waals surface area contributed by atoms with Crippen molar-refractivity contribution in [2.75, 3.05) is 31.1 Å². The molecule has 2 heterocycles. The molecule has 1 aromatic rings. The predicted octanol–water partition coefficient (Wildman–Crippen LogP) is 0.681. The predicted molar refractivity (Wildman–Crippen MR) is 76.6 cm³/mol. The van der Waals surface area contributed by atoms with Crippen molar-refractivity contribution in [2.24, 2.45) is 5.73 Å². The quantitative estimate of drug-likeness (QED) is 0.616. The highest BCUT2D eigenvalue weighted by molar-refractivity contribution is 5.92. The normalized spacial score (nSPS) is 18.3. The largest absolute Gasteiger partial charge is 0.382 e. The molecule has 1 aromatic heterocycles. The highest BCUT2D eigenvalue weighted by Crippen LogP contribution is 2.14. The average molecular weight is 262 g/mol. The molecule has 1 aliphatic heterocycles. The third kappa shape index (κ3) is 3.20. The first kappa shape index (κ1) is 13.7. The molecule has 1 unspecified atom stereocenters. The minimum Gasteiger partial charge on any atom is -0.382 e. The van der Waals surface area contributed by atoms with Crippen LogP contribution in [0.3, 0.4) is 0 Å². The molecule has 19 heavy (non-hydrogen) atoms. The molecule has 104 valence electrons. The van der Waals surface area contributed by atoms with Crippen LogP contribution in [-0.4, -0.2) is 52.9 Å². The smallest absolute Gasteiger partial charge is 0.147 e. The zero-order valence-electron chi connectivity index (χ0n) is 11.6. The third-order valence-electron chi connectivity index (χ3n) is 3.77. The highest BCUT2D eigenvalue weighted by atomic mass is 15.3. The summed E-state index contributed by atoms with van der Waals surface area (Å²) in [5, 5.41) is 7.30. The topological polar surface area (TPSA) is 82.1 Å². The van der Waals surface area contributed by atoms with Gasteiger partial charge in [-0.1, -0.05) is 6.92 Å². The first-order valence-electron chi connectivity index (χ1n) is 6.77. The van der Waals surface area contributed by atoms with E-state index in [1.165, 1.54) is 6.42 Å². The van der Waals surface area contributed by atoms with Crippen LogP contribution < -0.4 is 10.6 Å². The van der Waals surface area contributed by atoms with Gasteiger partial charge in [-0.05, 0) is 13.3 Å². The van der Waals surface area contributed by atoms with E-state index in [4.69, 9.17) is 11.1 Å². The standard InChI is InChI=1S/C13H22N6/c1-3-10(2)18-4-6-19(7-5-18)12-9-16-11(8-17-12)13(14)15/h8-10H,3-7H2,1-2H3,(H3,14,15). The van der Waals surface area contributed by atoms with Gasteiger partial charge in [0.15, 0.2) is 0 Å². The summed E-state index contributed by atoms with van der Waals surface area (Å²) in [5.74, 6) is 0.828. The van der Waals surface area contributed by atoms with Crippen LogP contribution in [0.2, 0.25) is 0 Å². The van der Waals surface area contributed by atoms with Crippen LogP contribution in [0.1, 0.15) is 26.0 Å². The zero-order chi connectivity index (χ0) is 13.8. The van der Waals surface area contributed by atoms with Gasteiger partial charge >= 0.3 is 0 Å². The molecule has 0 amide bonds. The van der Waals surface area contributed by atoms with Gasteiger partial charge < -0.3 is 10.6 Å². The van der Waals surface area contributed by atoms with Crippen LogP contribution >= 0.6 is 0 Å². The first-order valence-corrected chi connectivity index (χ1v) is 6.77. The number of rotatable bonds is 4. The fourth-order valence-corrected chi connectivity index (χ4v) is 2.27. The molecule has 0 aromatic carbocycles. The van der Waals surface area contributed by atoms with E-state index in [1.807, 2.05) is 0 Å². The van der Waals surface area contributed by atoms with Crippen molar-refractivity contribution in [3.05, 3.63) is 18.1 Å². The van der Waals surface area contributed by atoms with Gasteiger partial charge in [0.1, 0.15) is 17.3 Å². The number of hydrogen-bond donors (Lipinski definition) is 2. The lowest BCUT2D eigenvalue weighted by molar-refractivity contribution is 0.192. The minimum atomic E-state index is -0.0411. The van der Waals surface area contributed by atoms with E-state index in [9.17, 15) is 0 Å². The van der Waals surface area contributed by atoms with Crippen molar-refractivity contribution in [1.82, 2.24) is 14.9 Å². The number of nitrogens with zero attached hydrogens (tertiary/aromatic N) is 4. The second-order valence-electron chi connectivity index (χ2n) is 4.95. The van der Waals surface area contributed by atoms with Crippen LogP contribution in [0, 0.1) is 5.41 Å². The summed E-state index contributed by atoms with van der Waals surface area (Å²) < 4.78 is 0. The summed E-state index contributed by atoms with van der Waals surface area (Å²) in [6.07, 6.45) is 4.46. The van der Waals surface area contributed by atoms with Gasteiger partial charge in [-0.3, -0.25) is 10.3 Å². The summed E-state index contributed by atoms with van der Waals surface area (Å²) in [6.45, 7) is 8.56. The number of nitrogen functional groups attached to an aromatic ring is 1. The molecule has 6 nitrogen and oxygen atoms in total. The number of aromatic nitrogens is 2. The Morgan fingerprint density at radius 2 is 2.00 bits per heavy atom. The monoisotopic (exact) mass is 262 g/mol. The molecule has 6 heteroatoms. The molecular weight excluding hydrogens is 240 g/mol. The number of nitrogens with two attached hydrogens (primary N) is 1. The van der Waals surface area contributed by atoms with Crippen molar-refractivity contribution >= 4 is 11.7 Å². The molecule has 0 bridgehead atoms. The highest BCUT2D eigenvalue weighted by Gasteiger charge is 2.21. The van der Waals surface area contributed by atoms with Gasteiger partial charge in [0, 0.05) is 32.2 Å². The van der Waals surface area contributed by atoms with E-state index in [1.54, 1.807) is 12.4 Å². The molecule has 1 aliphatic rings. The Morgan fingerprint density at radius 3 is 2.47 bits per heavy atom. The maximum Gasteiger partial charge on any atom is 0.147 e. The van der Waals surface area contributed by atoms with E-state index < -0.39 is 0 Å². The van der Waals surface area contributed by atoms with Gasteiger partial charge in [0.25, 0.3) is 0 Å². The maximum absolute atomic E-state index is 7.30. The molecule has 1 fully saturated rings. The van der Waals surface area contributed by atoms with E-state index in [2.05, 4.69) is 33.6 Å². The van der Waals surface area contributed by atoms with Crippen molar-refractivity contribution in [3.8, 4) is 0 Å². The van der Waals surface area contributed by atoms with E-state index >= 15 is 0 Å². The van der Waals surface area contributed by atoms with E-state index in [-0.39, 0.29) is 5.84 Å². The number of piperazine rings is 1. The molecule has 2 rings (SSSR count). The van der Waals surface area contributed by atoms with Gasteiger partial charge in [-0.25, -0.2) is 9.97 Å². The zero-order valence-corrected chi connectivity index (χ0v) is 11.6. The fourth-order valence-electron chi connectivity index (χ4n) is 2.27. The minimum absolute atomic E-state index is 0.0411. The SMILES string of the molecule is CCC(C)N1CCN(c2cnc(C(=N)N)cn2)CC1. The molecule has 0 spiro atoms. The lowest BCUT2D eigenvalue weighted by Gasteiger charge is -2.38. The Labute approximate surface area is 114 Å². The molecule has 1 saturated heterocycles. The van der Waals surface area contributed by atoms with Crippen molar-refractivity contribution in [1.29, 1.82) is 5.41 Å². The molecule has 0 aliphatic carbocycles. The Kier molecular flexibility index (Phi) is 4.31. The Bertz CT molecular complexity index is 421. The summed E-state index contributed by atoms with van der Waals surface area (Å²) in [5.41, 5.74) is 5.80. The third-order valence-corrected chi connectivity index (χ3v) is 3.77. The summed E-state index contributed by atoms with van der Waals surface area (Å²) in [7, 11) is 0. The van der Waals surface area contributed by atoms with Crippen molar-refractivity contribution in [3.63, 3.8) is 0 Å².